The second-order valence-electron chi connectivity index (χ2n) is 3.96. The van der Waals surface area contributed by atoms with E-state index in [0.717, 1.165) is 0 Å². The van der Waals surface area contributed by atoms with Gasteiger partial charge in [0.1, 0.15) is 0 Å². The molecule has 0 aromatic carbocycles. The third kappa shape index (κ3) is 9.98. The number of alkyl halides is 12. The topological polar surface area (TPSA) is 161 Å². The normalized spacial score (nSPS) is 14.8. The van der Waals surface area contributed by atoms with Crippen molar-refractivity contribution in [3.8, 4) is 0 Å². The van der Waals surface area contributed by atoms with E-state index >= 15 is 0 Å². The van der Waals surface area contributed by atoms with Crippen molar-refractivity contribution < 1.29 is 86.4 Å². The molecule has 2 N–H and O–H groups in total. The van der Waals surface area contributed by atoms with Crippen LogP contribution in [0.2, 0.25) is 0 Å². The maximum Gasteiger partial charge on any atom is 2.00 e. The van der Waals surface area contributed by atoms with Gasteiger partial charge in [-0.3, -0.25) is 0 Å². The molecule has 0 aromatic rings. The average molecular weight is 587 g/mol. The van der Waals surface area contributed by atoms with E-state index in [1.165, 1.54) is 0 Å². The van der Waals surface area contributed by atoms with Crippen LogP contribution in [0.5, 0.6) is 0 Å². The van der Waals surface area contributed by atoms with Crippen LogP contribution in [0.4, 0.5) is 52.7 Å². The Morgan fingerprint density at radius 3 is 0.516 bits per heavy atom. The van der Waals surface area contributed by atoms with Crippen LogP contribution in [0.3, 0.4) is 0 Å². The Balaban J connectivity index is -0.000000490. The fourth-order valence-corrected chi connectivity index (χ4v) is 4.30. The zero-order valence-corrected chi connectivity index (χ0v) is 17.8. The van der Waals surface area contributed by atoms with E-state index in [1.807, 2.05) is 0 Å². The van der Waals surface area contributed by atoms with Crippen molar-refractivity contribution in [2.24, 2.45) is 0 Å². The summed E-state index contributed by atoms with van der Waals surface area (Å²) >= 11 is 0. The van der Waals surface area contributed by atoms with Crippen LogP contribution in [0.1, 0.15) is 0 Å². The van der Waals surface area contributed by atoms with Crippen molar-refractivity contribution in [2.45, 2.75) is 22.0 Å². The van der Waals surface area contributed by atoms with Crippen LogP contribution in [0, 0.1) is 0 Å². The Labute approximate surface area is 179 Å². The molecule has 0 unspecified atom stereocenters. The van der Waals surface area contributed by atoms with Gasteiger partial charge in [-0.2, -0.15) is 52.7 Å². The van der Waals surface area contributed by atoms with E-state index in [0.29, 0.717) is 0 Å². The molecule has 0 radical (unpaired) electrons. The van der Waals surface area contributed by atoms with Crippen LogP contribution in [0.15, 0.2) is 0 Å². The summed E-state index contributed by atoms with van der Waals surface area (Å²) < 4.78 is 217. The molecule has 0 aliphatic rings. The molecule has 0 fully saturated rings. The third-order valence-electron chi connectivity index (χ3n) is 1.66. The Morgan fingerprint density at radius 2 is 0.452 bits per heavy atom. The molecule has 0 rings (SSSR count). The van der Waals surface area contributed by atoms with Crippen molar-refractivity contribution in [3.63, 3.8) is 0 Å². The predicted molar refractivity (Wildman–Crippen MR) is 71.9 cm³/mol. The summed E-state index contributed by atoms with van der Waals surface area (Å²) in [6.07, 6.45) is 0. The maximum absolute atomic E-state index is 11.5. The molecule has 0 amide bonds. The van der Waals surface area contributed by atoms with Crippen molar-refractivity contribution in [2.75, 3.05) is 0 Å². The van der Waals surface area contributed by atoms with Crippen LogP contribution >= 0.6 is 0 Å². The summed E-state index contributed by atoms with van der Waals surface area (Å²) in [4.78, 5) is 0. The van der Waals surface area contributed by atoms with Crippen molar-refractivity contribution in [1.82, 2.24) is 8.25 Å². The minimum atomic E-state index is -6.60. The smallest absolute Gasteiger partial charge is 0.202 e. The third-order valence-corrected chi connectivity index (χ3v) is 7.61. The van der Waals surface area contributed by atoms with Crippen LogP contribution in [0.25, 0.3) is 0 Å². The molecule has 27 heteroatoms. The first-order chi connectivity index (χ1) is 12.4. The van der Waals surface area contributed by atoms with E-state index in [4.69, 9.17) is 0 Å². The molecule has 0 aromatic heterocycles. The van der Waals surface area contributed by atoms with Crippen LogP contribution in [-0.2, 0) is 40.1 Å². The van der Waals surface area contributed by atoms with Gasteiger partial charge in [0.15, 0.2) is 0 Å². The molecule has 0 saturated heterocycles. The van der Waals surface area contributed by atoms with Gasteiger partial charge in [-0.25, -0.2) is 33.7 Å². The molecule has 10 nitrogen and oxygen atoms in total. The summed E-state index contributed by atoms with van der Waals surface area (Å²) in [5.41, 5.74) is -24.6. The SMILES string of the molecule is O=S(=O)(NS(=O)(=O)C(F)(F)F)C(F)(F)F.O=S(=O)(NS(=O)(=O)C(F)(F)F)C(F)(F)F.[Mg+2]. The Hall–Kier alpha value is -0.354. The van der Waals surface area contributed by atoms with Gasteiger partial charge < -0.3 is 0 Å². The molecule has 0 saturated carbocycles. The van der Waals surface area contributed by atoms with E-state index in [2.05, 4.69) is 0 Å². The van der Waals surface area contributed by atoms with Gasteiger partial charge in [0.05, 0.1) is 0 Å². The number of halogens is 12. The monoisotopic (exact) mass is 586 g/mol. The Bertz CT molecular complexity index is 862. The van der Waals surface area contributed by atoms with Gasteiger partial charge in [0, 0.05) is 0 Å². The summed E-state index contributed by atoms with van der Waals surface area (Å²) in [6.45, 7) is 0. The molecule has 184 valence electrons. The van der Waals surface area contributed by atoms with Gasteiger partial charge in [-0.1, -0.05) is 8.25 Å². The summed E-state index contributed by atoms with van der Waals surface area (Å²) in [6, 6.07) is 0. The standard InChI is InChI=1S/2C2HF6NO4S2.Mg/c2*3-1(4,5)14(10,11)9-15(12,13)2(6,7)8;/h2*9H;/q;;+2. The second kappa shape index (κ2) is 9.87. The summed E-state index contributed by atoms with van der Waals surface area (Å²) in [7, 11) is -26.4. The van der Waals surface area contributed by atoms with Gasteiger partial charge in [-0.15, -0.1) is 0 Å². The van der Waals surface area contributed by atoms with E-state index in [-0.39, 0.29) is 23.1 Å². The molecule has 0 aliphatic carbocycles. The first kappa shape index (κ1) is 35.2. The van der Waals surface area contributed by atoms with Gasteiger partial charge >= 0.3 is 85.2 Å². The van der Waals surface area contributed by atoms with Crippen LogP contribution < -0.4 is 8.25 Å². The quantitative estimate of drug-likeness (QED) is 0.348. The minimum Gasteiger partial charge on any atom is -0.202 e. The van der Waals surface area contributed by atoms with Gasteiger partial charge in [0.2, 0.25) is 0 Å². The van der Waals surface area contributed by atoms with E-state index in [9.17, 15) is 86.4 Å². The Morgan fingerprint density at radius 1 is 0.355 bits per heavy atom. The van der Waals surface area contributed by atoms with Crippen LogP contribution in [-0.4, -0.2) is 78.8 Å². The van der Waals surface area contributed by atoms with Crippen molar-refractivity contribution in [1.29, 1.82) is 0 Å². The fraction of sp³-hybridized carbons (Fsp3) is 1.00. The second-order valence-corrected chi connectivity index (χ2v) is 11.2. The fourth-order valence-electron chi connectivity index (χ4n) is 0.478. The molecular weight excluding hydrogens is 585 g/mol. The summed E-state index contributed by atoms with van der Waals surface area (Å²) in [5, 5.41) is 0. The predicted octanol–water partition coefficient (Wildman–Crippen LogP) is 0.170. The van der Waals surface area contributed by atoms with E-state index in [1.54, 1.807) is 0 Å². The zero-order chi connectivity index (χ0) is 25.4. The first-order valence-electron chi connectivity index (χ1n) is 5.23. The minimum absolute atomic E-state index is 0. The molecular formula is C4H2F12MgN2O8S4+2. The average Bonchev–Trinajstić information content (AvgIpc) is 2.30. The van der Waals surface area contributed by atoms with Gasteiger partial charge in [0.25, 0.3) is 0 Å². The van der Waals surface area contributed by atoms with Gasteiger partial charge in [-0.05, 0) is 0 Å². The van der Waals surface area contributed by atoms with Crippen molar-refractivity contribution in [3.05, 3.63) is 0 Å². The molecule has 0 atom stereocenters. The van der Waals surface area contributed by atoms with E-state index < -0.39 is 70.4 Å². The largest absolute Gasteiger partial charge is 2.00 e. The van der Waals surface area contributed by atoms with Crippen molar-refractivity contribution >= 4 is 63.1 Å². The molecule has 0 heterocycles. The number of sulfonamides is 4. The summed E-state index contributed by atoms with van der Waals surface area (Å²) in [5.74, 6) is 0. The number of hydrogen-bond acceptors (Lipinski definition) is 8. The first-order valence-corrected chi connectivity index (χ1v) is 11.2. The molecule has 0 spiro atoms. The molecule has 0 aliphatic heterocycles. The Kier molecular flexibility index (Phi) is 11.2. The maximum atomic E-state index is 11.5. The number of nitrogens with one attached hydrogen (secondary N) is 2. The molecule has 31 heavy (non-hydrogen) atoms. The molecule has 0 bridgehead atoms. The number of rotatable bonds is 4. The number of hydrogen-bond donors (Lipinski definition) is 2. The zero-order valence-electron chi connectivity index (χ0n) is 13.1.